The number of aliphatic hydroxyl groups excluding tert-OH is 1. The van der Waals surface area contributed by atoms with Crippen molar-refractivity contribution in [1.82, 2.24) is 14.5 Å². The Balaban J connectivity index is 2.29. The van der Waals surface area contributed by atoms with Crippen LogP contribution in [0, 0.1) is 5.92 Å². The number of rotatable bonds is 7. The first-order valence-corrected chi connectivity index (χ1v) is 8.85. The lowest BCUT2D eigenvalue weighted by Crippen LogP contribution is -2.45. The molecule has 0 radical (unpaired) electrons. The number of hydrogen-bond acceptors (Lipinski definition) is 6. The highest BCUT2D eigenvalue weighted by Gasteiger charge is 2.27. The van der Waals surface area contributed by atoms with E-state index in [0.717, 1.165) is 25.8 Å². The number of aliphatic hydroxyl groups is 1. The van der Waals surface area contributed by atoms with E-state index in [-0.39, 0.29) is 42.3 Å². The number of aromatic amines is 1. The van der Waals surface area contributed by atoms with E-state index in [0.29, 0.717) is 13.0 Å². The molecule has 1 atom stereocenters. The van der Waals surface area contributed by atoms with Gasteiger partial charge in [-0.1, -0.05) is 20.3 Å². The van der Waals surface area contributed by atoms with Crippen molar-refractivity contribution in [2.45, 2.75) is 52.1 Å². The third kappa shape index (κ3) is 4.58. The summed E-state index contributed by atoms with van der Waals surface area (Å²) in [5.41, 5.74) is 4.52. The normalized spacial score (nSPS) is 18.6. The number of ketones is 1. The number of carbonyl (C=O) groups is 1. The van der Waals surface area contributed by atoms with Crippen molar-refractivity contribution in [3.63, 3.8) is 0 Å². The summed E-state index contributed by atoms with van der Waals surface area (Å²) in [7, 11) is 0. The standard InChI is InChI=1S/C17H28N4O4/c1-11(2)9-21-15(18)14(16(24)19-17(21)25)13(23)10-20-7-4-3-5-12(20)6-8-22/h11-12,22H,3-10,18H2,1-2H3,(H,19,24,25). The zero-order valence-electron chi connectivity index (χ0n) is 15.0. The van der Waals surface area contributed by atoms with Gasteiger partial charge in [0.2, 0.25) is 0 Å². The number of carbonyl (C=O) groups excluding carboxylic acids is 1. The molecule has 0 amide bonds. The second-order valence-corrected chi connectivity index (χ2v) is 7.08. The summed E-state index contributed by atoms with van der Waals surface area (Å²) >= 11 is 0. The number of hydrogen-bond donors (Lipinski definition) is 3. The number of nitrogen functional groups attached to an aromatic ring is 1. The van der Waals surface area contributed by atoms with E-state index in [4.69, 9.17) is 5.73 Å². The van der Waals surface area contributed by atoms with Crippen LogP contribution in [0.15, 0.2) is 9.59 Å². The minimum Gasteiger partial charge on any atom is -0.396 e. The summed E-state index contributed by atoms with van der Waals surface area (Å²) in [5, 5.41) is 9.20. The Labute approximate surface area is 146 Å². The Morgan fingerprint density at radius 2 is 2.08 bits per heavy atom. The fourth-order valence-electron chi connectivity index (χ4n) is 3.41. The monoisotopic (exact) mass is 352 g/mol. The Kier molecular flexibility index (Phi) is 6.55. The van der Waals surface area contributed by atoms with Gasteiger partial charge in [-0.15, -0.1) is 0 Å². The van der Waals surface area contributed by atoms with Gasteiger partial charge >= 0.3 is 5.69 Å². The minimum atomic E-state index is -0.733. The fourth-order valence-corrected chi connectivity index (χ4v) is 3.41. The predicted molar refractivity (Wildman–Crippen MR) is 95.8 cm³/mol. The van der Waals surface area contributed by atoms with E-state index in [1.165, 1.54) is 4.57 Å². The molecule has 8 heteroatoms. The van der Waals surface area contributed by atoms with E-state index in [1.807, 2.05) is 18.7 Å². The molecule has 1 unspecified atom stereocenters. The summed E-state index contributed by atoms with van der Waals surface area (Å²) in [6.07, 6.45) is 3.57. The average molecular weight is 352 g/mol. The largest absolute Gasteiger partial charge is 0.396 e. The molecule has 25 heavy (non-hydrogen) atoms. The van der Waals surface area contributed by atoms with Crippen LogP contribution in [0.5, 0.6) is 0 Å². The van der Waals surface area contributed by atoms with Gasteiger partial charge in [-0.05, 0) is 31.7 Å². The number of likely N-dealkylation sites (tertiary alicyclic amines) is 1. The lowest BCUT2D eigenvalue weighted by molar-refractivity contribution is 0.0797. The maximum Gasteiger partial charge on any atom is 0.329 e. The summed E-state index contributed by atoms with van der Waals surface area (Å²) in [5.74, 6) is -0.311. The highest BCUT2D eigenvalue weighted by atomic mass is 16.3. The number of piperidine rings is 1. The summed E-state index contributed by atoms with van der Waals surface area (Å²) < 4.78 is 1.25. The SMILES string of the molecule is CC(C)Cn1c(N)c(C(=O)CN2CCCCC2CCO)c(=O)[nH]c1=O. The van der Waals surface area contributed by atoms with Crippen LogP contribution in [-0.2, 0) is 6.54 Å². The third-order valence-corrected chi connectivity index (χ3v) is 4.62. The number of aromatic nitrogens is 2. The quantitative estimate of drug-likeness (QED) is 0.603. The van der Waals surface area contributed by atoms with Crippen LogP contribution in [-0.4, -0.2) is 51.1 Å². The molecule has 1 aromatic heterocycles. The van der Waals surface area contributed by atoms with E-state index >= 15 is 0 Å². The molecule has 0 aromatic carbocycles. The van der Waals surface area contributed by atoms with E-state index in [9.17, 15) is 19.5 Å². The summed E-state index contributed by atoms with van der Waals surface area (Å²) in [6, 6.07) is 0.129. The Bertz CT molecular complexity index is 720. The molecule has 1 fully saturated rings. The number of anilines is 1. The Hall–Kier alpha value is -1.93. The fraction of sp³-hybridized carbons (Fsp3) is 0.706. The Morgan fingerprint density at radius 1 is 1.36 bits per heavy atom. The van der Waals surface area contributed by atoms with Crippen molar-refractivity contribution in [2.24, 2.45) is 5.92 Å². The smallest absolute Gasteiger partial charge is 0.329 e. The minimum absolute atomic E-state index is 0.0665. The van der Waals surface area contributed by atoms with Crippen LogP contribution < -0.4 is 17.0 Å². The van der Waals surface area contributed by atoms with Crippen LogP contribution in [0.3, 0.4) is 0 Å². The molecule has 0 aliphatic carbocycles. The van der Waals surface area contributed by atoms with Crippen molar-refractivity contribution < 1.29 is 9.90 Å². The molecule has 1 saturated heterocycles. The van der Waals surface area contributed by atoms with Crippen LogP contribution in [0.25, 0.3) is 0 Å². The van der Waals surface area contributed by atoms with Crippen LogP contribution in [0.1, 0.15) is 49.9 Å². The van der Waals surface area contributed by atoms with Crippen LogP contribution in [0.4, 0.5) is 5.82 Å². The van der Waals surface area contributed by atoms with Crippen molar-refractivity contribution in [3.8, 4) is 0 Å². The van der Waals surface area contributed by atoms with Gasteiger partial charge in [0.1, 0.15) is 11.4 Å². The van der Waals surface area contributed by atoms with Gasteiger partial charge in [0.15, 0.2) is 5.78 Å². The van der Waals surface area contributed by atoms with Crippen LogP contribution in [0.2, 0.25) is 0 Å². The Morgan fingerprint density at radius 3 is 2.72 bits per heavy atom. The summed E-state index contributed by atoms with van der Waals surface area (Å²) in [4.78, 5) is 41.1. The molecule has 8 nitrogen and oxygen atoms in total. The van der Waals surface area contributed by atoms with Gasteiger partial charge < -0.3 is 10.8 Å². The molecule has 0 saturated carbocycles. The van der Waals surface area contributed by atoms with Gasteiger partial charge in [-0.3, -0.25) is 24.0 Å². The van der Waals surface area contributed by atoms with E-state index < -0.39 is 11.2 Å². The topological polar surface area (TPSA) is 121 Å². The number of H-pyrrole nitrogens is 1. The van der Waals surface area contributed by atoms with Gasteiger partial charge in [0, 0.05) is 19.2 Å². The number of nitrogens with zero attached hydrogens (tertiary/aromatic N) is 2. The first kappa shape index (κ1) is 19.4. The van der Waals surface area contributed by atoms with Gasteiger partial charge in [-0.25, -0.2) is 4.79 Å². The highest BCUT2D eigenvalue weighted by molar-refractivity contribution is 6.01. The predicted octanol–water partition coefficient (Wildman–Crippen LogP) is 0.194. The lowest BCUT2D eigenvalue weighted by atomic mass is 9.98. The van der Waals surface area contributed by atoms with Crippen molar-refractivity contribution >= 4 is 11.6 Å². The summed E-state index contributed by atoms with van der Waals surface area (Å²) in [6.45, 7) is 5.06. The molecule has 0 bridgehead atoms. The zero-order chi connectivity index (χ0) is 18.6. The van der Waals surface area contributed by atoms with Gasteiger partial charge in [-0.2, -0.15) is 0 Å². The number of nitrogens with two attached hydrogens (primary N) is 1. The van der Waals surface area contributed by atoms with E-state index in [2.05, 4.69) is 4.98 Å². The molecule has 1 aliphatic rings. The number of Topliss-reactive ketones (excluding diaryl/α,β-unsaturated/α-hetero) is 1. The molecular formula is C17H28N4O4. The second kappa shape index (κ2) is 8.44. The molecular weight excluding hydrogens is 324 g/mol. The molecule has 2 heterocycles. The molecule has 1 aromatic rings. The first-order chi connectivity index (χ1) is 11.8. The van der Waals surface area contributed by atoms with E-state index in [1.54, 1.807) is 0 Å². The molecule has 0 spiro atoms. The molecule has 140 valence electrons. The third-order valence-electron chi connectivity index (χ3n) is 4.62. The first-order valence-electron chi connectivity index (χ1n) is 8.85. The second-order valence-electron chi connectivity index (χ2n) is 7.08. The lowest BCUT2D eigenvalue weighted by Gasteiger charge is -2.34. The molecule has 2 rings (SSSR count). The maximum atomic E-state index is 12.7. The number of nitrogens with one attached hydrogen (secondary N) is 1. The maximum absolute atomic E-state index is 12.7. The van der Waals surface area contributed by atoms with Gasteiger partial charge in [0.25, 0.3) is 5.56 Å². The molecule has 1 aliphatic heterocycles. The van der Waals surface area contributed by atoms with Crippen molar-refractivity contribution in [3.05, 3.63) is 26.4 Å². The van der Waals surface area contributed by atoms with Gasteiger partial charge in [0.05, 0.1) is 6.54 Å². The highest BCUT2D eigenvalue weighted by Crippen LogP contribution is 2.20. The van der Waals surface area contributed by atoms with Crippen molar-refractivity contribution in [1.29, 1.82) is 0 Å². The average Bonchev–Trinajstić information content (AvgIpc) is 2.53. The molecule has 4 N–H and O–H groups in total. The van der Waals surface area contributed by atoms with Crippen LogP contribution >= 0.6 is 0 Å². The zero-order valence-corrected chi connectivity index (χ0v) is 15.0. The van der Waals surface area contributed by atoms with Crippen molar-refractivity contribution in [2.75, 3.05) is 25.4 Å².